The van der Waals surface area contributed by atoms with E-state index in [2.05, 4.69) is 5.32 Å². The highest BCUT2D eigenvalue weighted by Gasteiger charge is 2.18. The Morgan fingerprint density at radius 2 is 1.76 bits per heavy atom. The Labute approximate surface area is 122 Å². The molecule has 0 aromatic heterocycles. The van der Waals surface area contributed by atoms with Gasteiger partial charge in [0.15, 0.2) is 0 Å². The summed E-state index contributed by atoms with van der Waals surface area (Å²) in [5, 5.41) is 13.4. The van der Waals surface area contributed by atoms with Gasteiger partial charge in [0, 0.05) is 17.8 Å². The highest BCUT2D eigenvalue weighted by molar-refractivity contribution is 5.95. The van der Waals surface area contributed by atoms with Crippen LogP contribution in [0.2, 0.25) is 0 Å². The average Bonchev–Trinajstić information content (AvgIpc) is 2.49. The fourth-order valence-electron chi connectivity index (χ4n) is 2.15. The van der Waals surface area contributed by atoms with Crippen LogP contribution in [0.15, 0.2) is 54.6 Å². The van der Waals surface area contributed by atoms with E-state index in [1.807, 2.05) is 37.3 Å². The highest BCUT2D eigenvalue weighted by atomic mass is 16.6. The number of nitrogens with one attached hydrogen (secondary N) is 1. The summed E-state index contributed by atoms with van der Waals surface area (Å²) in [6.45, 7) is 1.95. The zero-order valence-electron chi connectivity index (χ0n) is 11.7. The second-order valence-corrected chi connectivity index (χ2v) is 4.66. The maximum atomic E-state index is 12.3. The molecule has 1 N–H and O–H groups in total. The van der Waals surface area contributed by atoms with Crippen LogP contribution in [0.5, 0.6) is 0 Å². The van der Waals surface area contributed by atoms with Gasteiger partial charge in [0.1, 0.15) is 0 Å². The summed E-state index contributed by atoms with van der Waals surface area (Å²) >= 11 is 0. The number of carbonyl (C=O) groups excluding carboxylic acids is 1. The van der Waals surface area contributed by atoms with Crippen molar-refractivity contribution < 1.29 is 9.72 Å². The van der Waals surface area contributed by atoms with Gasteiger partial charge in [-0.2, -0.15) is 0 Å². The van der Waals surface area contributed by atoms with Gasteiger partial charge in [0.2, 0.25) is 5.91 Å². The van der Waals surface area contributed by atoms with Gasteiger partial charge in [-0.1, -0.05) is 37.3 Å². The van der Waals surface area contributed by atoms with Crippen molar-refractivity contribution in [2.45, 2.75) is 19.3 Å². The number of hydrogen-bond donors (Lipinski definition) is 1. The summed E-state index contributed by atoms with van der Waals surface area (Å²) in [6, 6.07) is 15.4. The quantitative estimate of drug-likeness (QED) is 0.671. The number of hydrogen-bond acceptors (Lipinski definition) is 3. The van der Waals surface area contributed by atoms with Crippen LogP contribution in [-0.2, 0) is 4.79 Å². The minimum atomic E-state index is -0.468. The third-order valence-electron chi connectivity index (χ3n) is 3.27. The molecule has 1 amide bonds. The summed E-state index contributed by atoms with van der Waals surface area (Å²) in [6.07, 6.45) is 0.683. The summed E-state index contributed by atoms with van der Waals surface area (Å²) in [5.74, 6) is -0.348. The van der Waals surface area contributed by atoms with Crippen molar-refractivity contribution in [1.82, 2.24) is 0 Å². The molecule has 0 aliphatic heterocycles. The number of nitrogens with zero attached hydrogens (tertiary/aromatic N) is 1. The van der Waals surface area contributed by atoms with Crippen LogP contribution in [-0.4, -0.2) is 10.8 Å². The molecule has 0 spiro atoms. The van der Waals surface area contributed by atoms with Gasteiger partial charge in [-0.05, 0) is 24.1 Å². The minimum absolute atomic E-state index is 0.00287. The van der Waals surface area contributed by atoms with Crippen molar-refractivity contribution >= 4 is 17.3 Å². The zero-order valence-corrected chi connectivity index (χ0v) is 11.7. The first-order valence-electron chi connectivity index (χ1n) is 6.72. The molecule has 0 radical (unpaired) electrons. The standard InChI is InChI=1S/C16H16N2O3/c1-2-15(12-6-4-3-5-7-12)16(19)17-13-8-10-14(11-9-13)18(20)21/h3-11,15H,2H2,1H3,(H,17,19)/t15-/m1/s1. The first-order chi connectivity index (χ1) is 10.1. The number of nitro groups is 1. The zero-order chi connectivity index (χ0) is 15.2. The maximum Gasteiger partial charge on any atom is 0.269 e. The van der Waals surface area contributed by atoms with Crippen LogP contribution in [0, 0.1) is 10.1 Å². The van der Waals surface area contributed by atoms with E-state index in [9.17, 15) is 14.9 Å². The smallest absolute Gasteiger partial charge is 0.269 e. The van der Waals surface area contributed by atoms with Crippen LogP contribution >= 0.6 is 0 Å². The molecule has 5 nitrogen and oxygen atoms in total. The molecule has 2 aromatic rings. The molecule has 0 heterocycles. The van der Waals surface area contributed by atoms with E-state index in [4.69, 9.17) is 0 Å². The molecule has 0 fully saturated rings. The molecule has 0 saturated heterocycles. The van der Waals surface area contributed by atoms with Crippen molar-refractivity contribution in [3.05, 3.63) is 70.3 Å². The first kappa shape index (κ1) is 14.7. The lowest BCUT2D eigenvalue weighted by atomic mass is 9.95. The lowest BCUT2D eigenvalue weighted by Crippen LogP contribution is -2.20. The van der Waals surface area contributed by atoms with Gasteiger partial charge in [-0.3, -0.25) is 14.9 Å². The topological polar surface area (TPSA) is 72.2 Å². The molecule has 2 rings (SSSR count). The fraction of sp³-hybridized carbons (Fsp3) is 0.188. The lowest BCUT2D eigenvalue weighted by molar-refractivity contribution is -0.384. The SMILES string of the molecule is CC[C@@H](C(=O)Nc1ccc([N+](=O)[O-])cc1)c1ccccc1. The third kappa shape index (κ3) is 3.66. The van der Waals surface area contributed by atoms with Crippen molar-refractivity contribution in [2.75, 3.05) is 5.32 Å². The van der Waals surface area contributed by atoms with Gasteiger partial charge < -0.3 is 5.32 Å². The van der Waals surface area contributed by atoms with E-state index in [0.29, 0.717) is 12.1 Å². The molecule has 2 aromatic carbocycles. The molecule has 0 saturated carbocycles. The van der Waals surface area contributed by atoms with Gasteiger partial charge in [-0.15, -0.1) is 0 Å². The second kappa shape index (κ2) is 6.65. The van der Waals surface area contributed by atoms with E-state index in [1.165, 1.54) is 24.3 Å². The Morgan fingerprint density at radius 3 is 2.29 bits per heavy atom. The molecule has 0 aliphatic rings. The minimum Gasteiger partial charge on any atom is -0.326 e. The first-order valence-corrected chi connectivity index (χ1v) is 6.72. The summed E-state index contributed by atoms with van der Waals surface area (Å²) < 4.78 is 0. The van der Waals surface area contributed by atoms with Gasteiger partial charge in [0.05, 0.1) is 10.8 Å². The van der Waals surface area contributed by atoms with E-state index in [1.54, 1.807) is 0 Å². The summed E-state index contributed by atoms with van der Waals surface area (Å²) in [4.78, 5) is 22.4. The predicted octanol–water partition coefficient (Wildman–Crippen LogP) is 3.73. The molecular formula is C16H16N2O3. The molecule has 1 atom stereocenters. The predicted molar refractivity (Wildman–Crippen MR) is 81.2 cm³/mol. The number of non-ortho nitro benzene ring substituents is 1. The number of amides is 1. The third-order valence-corrected chi connectivity index (χ3v) is 3.27. The average molecular weight is 284 g/mol. The molecule has 0 unspecified atom stereocenters. The van der Waals surface area contributed by atoms with Crippen molar-refractivity contribution in [2.24, 2.45) is 0 Å². The Balaban J connectivity index is 2.11. The number of rotatable bonds is 5. The number of benzene rings is 2. The highest BCUT2D eigenvalue weighted by Crippen LogP contribution is 2.22. The summed E-state index contributed by atoms with van der Waals surface area (Å²) in [5.41, 5.74) is 1.52. The van der Waals surface area contributed by atoms with E-state index in [0.717, 1.165) is 5.56 Å². The molecule has 108 valence electrons. The fourth-order valence-corrected chi connectivity index (χ4v) is 2.15. The normalized spacial score (nSPS) is 11.7. The van der Waals surface area contributed by atoms with Crippen molar-refractivity contribution in [3.63, 3.8) is 0 Å². The van der Waals surface area contributed by atoms with Gasteiger partial charge in [-0.25, -0.2) is 0 Å². The number of nitro benzene ring substituents is 1. The lowest BCUT2D eigenvalue weighted by Gasteiger charge is -2.15. The van der Waals surface area contributed by atoms with Gasteiger partial charge >= 0.3 is 0 Å². The molecule has 5 heteroatoms. The van der Waals surface area contributed by atoms with E-state index >= 15 is 0 Å². The van der Waals surface area contributed by atoms with E-state index < -0.39 is 4.92 Å². The molecule has 21 heavy (non-hydrogen) atoms. The molecule has 0 bridgehead atoms. The monoisotopic (exact) mass is 284 g/mol. The molecular weight excluding hydrogens is 268 g/mol. The Bertz CT molecular complexity index is 624. The number of carbonyl (C=O) groups is 1. The van der Waals surface area contributed by atoms with Crippen molar-refractivity contribution in [3.8, 4) is 0 Å². The largest absolute Gasteiger partial charge is 0.326 e. The second-order valence-electron chi connectivity index (χ2n) is 4.66. The molecule has 0 aliphatic carbocycles. The van der Waals surface area contributed by atoms with Crippen LogP contribution in [0.4, 0.5) is 11.4 Å². The van der Waals surface area contributed by atoms with Crippen LogP contribution in [0.25, 0.3) is 0 Å². The van der Waals surface area contributed by atoms with E-state index in [-0.39, 0.29) is 17.5 Å². The van der Waals surface area contributed by atoms with Crippen LogP contribution < -0.4 is 5.32 Å². The Hall–Kier alpha value is -2.69. The van der Waals surface area contributed by atoms with Gasteiger partial charge in [0.25, 0.3) is 5.69 Å². The number of anilines is 1. The maximum absolute atomic E-state index is 12.3. The Morgan fingerprint density at radius 1 is 1.14 bits per heavy atom. The van der Waals surface area contributed by atoms with Crippen molar-refractivity contribution in [1.29, 1.82) is 0 Å². The van der Waals surface area contributed by atoms with Crippen LogP contribution in [0.3, 0.4) is 0 Å². The van der Waals surface area contributed by atoms with Crippen LogP contribution in [0.1, 0.15) is 24.8 Å². The summed E-state index contributed by atoms with van der Waals surface area (Å²) in [7, 11) is 0. The Kier molecular flexibility index (Phi) is 4.66.